The number of amides is 4. The SMILES string of the molecule is CC[C@H](C)[C@H](NC(=O)[C@H](CCC(=O)O)NC(=O)[C@H](CCC(=O)O)NC(=O)[C@H](Cc1ccc(O)cc1)NC(C)=O)C(=O)O. The highest BCUT2D eigenvalue weighted by Crippen LogP contribution is 2.13. The molecule has 5 atom stereocenters. The minimum absolute atomic E-state index is 0.0231. The van der Waals surface area contributed by atoms with Gasteiger partial charge in [0.05, 0.1) is 0 Å². The number of carboxylic acids is 3. The van der Waals surface area contributed by atoms with Gasteiger partial charge < -0.3 is 41.7 Å². The number of carbonyl (C=O) groups excluding carboxylic acids is 4. The van der Waals surface area contributed by atoms with Crippen LogP contribution in [-0.4, -0.2) is 86.1 Å². The Kier molecular flexibility index (Phi) is 14.5. The summed E-state index contributed by atoms with van der Waals surface area (Å²) in [4.78, 5) is 85.2. The number of hydrogen-bond acceptors (Lipinski definition) is 8. The first-order chi connectivity index (χ1) is 19.6. The molecule has 0 saturated carbocycles. The van der Waals surface area contributed by atoms with Crippen LogP contribution in [0.15, 0.2) is 24.3 Å². The van der Waals surface area contributed by atoms with E-state index < -0.39 is 97.3 Å². The molecule has 1 aromatic carbocycles. The molecule has 0 aliphatic rings. The molecule has 1 rings (SSSR count). The lowest BCUT2D eigenvalue weighted by molar-refractivity contribution is -0.144. The van der Waals surface area contributed by atoms with Gasteiger partial charge in [0.1, 0.15) is 29.9 Å². The number of nitrogens with one attached hydrogen (secondary N) is 4. The van der Waals surface area contributed by atoms with Gasteiger partial charge in [0.25, 0.3) is 0 Å². The van der Waals surface area contributed by atoms with Crippen molar-refractivity contribution in [2.75, 3.05) is 0 Å². The molecule has 0 radical (unpaired) electrons. The molecule has 0 bridgehead atoms. The number of aliphatic carboxylic acids is 3. The van der Waals surface area contributed by atoms with Gasteiger partial charge in [0.15, 0.2) is 0 Å². The van der Waals surface area contributed by atoms with Crippen molar-refractivity contribution in [2.24, 2.45) is 5.92 Å². The summed E-state index contributed by atoms with van der Waals surface area (Å²) in [6, 6.07) is 0.210. The van der Waals surface area contributed by atoms with Gasteiger partial charge in [-0.15, -0.1) is 0 Å². The van der Waals surface area contributed by atoms with E-state index in [4.69, 9.17) is 10.2 Å². The maximum atomic E-state index is 13.2. The minimum Gasteiger partial charge on any atom is -0.508 e. The van der Waals surface area contributed by atoms with E-state index in [2.05, 4.69) is 21.3 Å². The molecule has 42 heavy (non-hydrogen) atoms. The van der Waals surface area contributed by atoms with Crippen LogP contribution >= 0.6 is 0 Å². The van der Waals surface area contributed by atoms with Gasteiger partial charge in [-0.05, 0) is 36.5 Å². The molecule has 0 fully saturated rings. The second-order valence-electron chi connectivity index (χ2n) is 9.82. The fourth-order valence-corrected chi connectivity index (χ4v) is 3.88. The summed E-state index contributed by atoms with van der Waals surface area (Å²) in [6.45, 7) is 4.47. The number of phenolic OH excluding ortho intramolecular Hbond substituents is 1. The third kappa shape index (κ3) is 12.7. The summed E-state index contributed by atoms with van der Waals surface area (Å²) in [5.41, 5.74) is 0.549. The Morgan fingerprint density at radius 1 is 0.714 bits per heavy atom. The van der Waals surface area contributed by atoms with Crippen LogP contribution in [0.25, 0.3) is 0 Å². The predicted molar refractivity (Wildman–Crippen MR) is 146 cm³/mol. The van der Waals surface area contributed by atoms with E-state index in [-0.39, 0.29) is 12.2 Å². The summed E-state index contributed by atoms with van der Waals surface area (Å²) >= 11 is 0. The topological polar surface area (TPSA) is 249 Å². The van der Waals surface area contributed by atoms with Gasteiger partial charge in [0, 0.05) is 26.2 Å². The summed E-state index contributed by atoms with van der Waals surface area (Å²) < 4.78 is 0. The summed E-state index contributed by atoms with van der Waals surface area (Å²) in [5, 5.41) is 46.7. The first-order valence-corrected chi connectivity index (χ1v) is 13.3. The molecule has 0 aromatic heterocycles. The van der Waals surface area contributed by atoms with Crippen LogP contribution < -0.4 is 21.3 Å². The summed E-state index contributed by atoms with van der Waals surface area (Å²) in [6.07, 6.45) is -1.63. The lowest BCUT2D eigenvalue weighted by Crippen LogP contribution is -2.58. The monoisotopic (exact) mass is 594 g/mol. The molecule has 15 heteroatoms. The molecule has 1 aromatic rings. The smallest absolute Gasteiger partial charge is 0.326 e. The molecule has 0 saturated heterocycles. The van der Waals surface area contributed by atoms with Crippen LogP contribution in [0.4, 0.5) is 0 Å². The fraction of sp³-hybridized carbons (Fsp3) is 0.519. The molecule has 0 spiro atoms. The van der Waals surface area contributed by atoms with Crippen molar-refractivity contribution < 1.29 is 54.0 Å². The average Bonchev–Trinajstić information content (AvgIpc) is 2.91. The quantitative estimate of drug-likeness (QED) is 0.110. The first-order valence-electron chi connectivity index (χ1n) is 13.3. The van der Waals surface area contributed by atoms with E-state index in [9.17, 15) is 43.8 Å². The Morgan fingerprint density at radius 2 is 1.17 bits per heavy atom. The van der Waals surface area contributed by atoms with E-state index in [1.54, 1.807) is 13.8 Å². The highest BCUT2D eigenvalue weighted by atomic mass is 16.4. The molecule has 0 aliphatic carbocycles. The van der Waals surface area contributed by atoms with Gasteiger partial charge in [-0.3, -0.25) is 28.8 Å². The average molecular weight is 595 g/mol. The Balaban J connectivity index is 3.21. The zero-order valence-electron chi connectivity index (χ0n) is 23.6. The largest absolute Gasteiger partial charge is 0.508 e. The van der Waals surface area contributed by atoms with E-state index >= 15 is 0 Å². The molecule has 0 aliphatic heterocycles. The molecule has 4 amide bonds. The lowest BCUT2D eigenvalue weighted by atomic mass is 9.98. The second-order valence-corrected chi connectivity index (χ2v) is 9.82. The van der Waals surface area contributed by atoms with Crippen LogP contribution in [0, 0.1) is 5.92 Å². The van der Waals surface area contributed by atoms with Crippen LogP contribution in [0.5, 0.6) is 5.75 Å². The van der Waals surface area contributed by atoms with E-state index in [0.717, 1.165) is 0 Å². The van der Waals surface area contributed by atoms with Gasteiger partial charge in [-0.2, -0.15) is 0 Å². The number of phenols is 1. The maximum absolute atomic E-state index is 13.2. The van der Waals surface area contributed by atoms with Crippen LogP contribution in [0.2, 0.25) is 0 Å². The number of benzene rings is 1. The minimum atomic E-state index is -1.52. The predicted octanol–water partition coefficient (Wildman–Crippen LogP) is -0.246. The van der Waals surface area contributed by atoms with Crippen molar-refractivity contribution in [3.05, 3.63) is 29.8 Å². The lowest BCUT2D eigenvalue weighted by Gasteiger charge is -2.27. The third-order valence-electron chi connectivity index (χ3n) is 6.41. The van der Waals surface area contributed by atoms with Crippen molar-refractivity contribution in [3.63, 3.8) is 0 Å². The Morgan fingerprint density at radius 3 is 1.57 bits per heavy atom. The second kappa shape index (κ2) is 17.2. The highest BCUT2D eigenvalue weighted by Gasteiger charge is 2.33. The Hall–Kier alpha value is -4.69. The van der Waals surface area contributed by atoms with Gasteiger partial charge >= 0.3 is 17.9 Å². The van der Waals surface area contributed by atoms with E-state index in [1.165, 1.54) is 31.2 Å². The zero-order chi connectivity index (χ0) is 32.0. The molecular formula is C27H38N4O11. The van der Waals surface area contributed by atoms with Crippen molar-refractivity contribution in [1.82, 2.24) is 21.3 Å². The van der Waals surface area contributed by atoms with Crippen molar-refractivity contribution in [1.29, 1.82) is 0 Å². The van der Waals surface area contributed by atoms with E-state index in [1.807, 2.05) is 0 Å². The summed E-state index contributed by atoms with van der Waals surface area (Å²) in [7, 11) is 0. The number of hydrogen-bond donors (Lipinski definition) is 8. The number of carbonyl (C=O) groups is 7. The molecule has 232 valence electrons. The normalized spacial score (nSPS) is 14.3. The number of carboxylic acid groups (broad SMARTS) is 3. The Labute approximate surface area is 242 Å². The molecule has 8 N–H and O–H groups in total. The van der Waals surface area contributed by atoms with Gasteiger partial charge in [-0.25, -0.2) is 4.79 Å². The fourth-order valence-electron chi connectivity index (χ4n) is 3.88. The molecule has 0 heterocycles. The van der Waals surface area contributed by atoms with Crippen LogP contribution in [0.3, 0.4) is 0 Å². The van der Waals surface area contributed by atoms with E-state index in [0.29, 0.717) is 12.0 Å². The van der Waals surface area contributed by atoms with Crippen molar-refractivity contribution in [3.8, 4) is 5.75 Å². The third-order valence-corrected chi connectivity index (χ3v) is 6.41. The number of aromatic hydroxyl groups is 1. The van der Waals surface area contributed by atoms with Crippen LogP contribution in [-0.2, 0) is 40.0 Å². The van der Waals surface area contributed by atoms with Gasteiger partial charge in [-0.1, -0.05) is 32.4 Å². The van der Waals surface area contributed by atoms with Gasteiger partial charge in [0.2, 0.25) is 23.6 Å². The Bertz CT molecular complexity index is 1140. The van der Waals surface area contributed by atoms with Crippen molar-refractivity contribution >= 4 is 41.5 Å². The standard InChI is InChI=1S/C27H38N4O11/c1-4-14(2)23(27(41)42)31-25(39)19(10-12-22(36)37)29-24(38)18(9-11-21(34)35)30-26(40)20(28-15(3)32)13-16-5-7-17(33)8-6-16/h5-8,14,18-20,23,33H,4,9-13H2,1-3H3,(H,28,32)(H,29,38)(H,30,40)(H,31,39)(H,34,35)(H,36,37)(H,41,42)/t14-,18-,19-,20-,23-/m0/s1. The summed E-state index contributed by atoms with van der Waals surface area (Å²) in [5.74, 6) is -7.83. The van der Waals surface area contributed by atoms with Crippen LogP contribution in [0.1, 0.15) is 58.4 Å². The molecule has 15 nitrogen and oxygen atoms in total. The number of rotatable bonds is 18. The highest BCUT2D eigenvalue weighted by molar-refractivity contribution is 5.95. The zero-order valence-corrected chi connectivity index (χ0v) is 23.6. The van der Waals surface area contributed by atoms with Crippen molar-refractivity contribution in [2.45, 2.75) is 83.5 Å². The first kappa shape index (κ1) is 35.3. The maximum Gasteiger partial charge on any atom is 0.326 e. The molecule has 0 unspecified atom stereocenters. The molecular weight excluding hydrogens is 556 g/mol.